The van der Waals surface area contributed by atoms with Gasteiger partial charge in [0.15, 0.2) is 0 Å². The summed E-state index contributed by atoms with van der Waals surface area (Å²) in [5.74, 6) is 0.255. The van der Waals surface area contributed by atoms with Crippen LogP contribution in [-0.4, -0.2) is 53.8 Å². The number of para-hydroxylation sites is 3. The number of imidazole rings is 1. The lowest BCUT2D eigenvalue weighted by atomic mass is 9.23. The van der Waals surface area contributed by atoms with Crippen molar-refractivity contribution in [3.05, 3.63) is 176 Å². The fourth-order valence-corrected chi connectivity index (χ4v) is 7.59. The van der Waals surface area contributed by atoms with Gasteiger partial charge in [0, 0.05) is 18.0 Å². The third kappa shape index (κ3) is 5.60. The van der Waals surface area contributed by atoms with Crippen LogP contribution in [0, 0.1) is 0 Å². The van der Waals surface area contributed by atoms with E-state index in [1.807, 2.05) is 71.6 Å². The molecular formula is C46H28B5N3. The molecule has 0 aliphatic carbocycles. The summed E-state index contributed by atoms with van der Waals surface area (Å²) in [7, 11) is 31.6. The van der Waals surface area contributed by atoms with Crippen LogP contribution in [-0.2, 0) is 5.21 Å². The van der Waals surface area contributed by atoms with Crippen molar-refractivity contribution in [1.29, 1.82) is 0 Å². The zero-order chi connectivity index (χ0) is 37.0. The quantitative estimate of drug-likeness (QED) is 0.124. The first-order chi connectivity index (χ1) is 26.2. The number of pyridine rings is 1. The van der Waals surface area contributed by atoms with Gasteiger partial charge in [0.1, 0.15) is 5.82 Å². The van der Waals surface area contributed by atoms with Crippen LogP contribution in [0.4, 0.5) is 0 Å². The minimum absolute atomic E-state index is 0.255. The fourth-order valence-electron chi connectivity index (χ4n) is 7.59. The molecule has 8 heteroatoms. The summed E-state index contributed by atoms with van der Waals surface area (Å²) in [6.45, 7) is 0. The topological polar surface area (TPSA) is 30.7 Å². The van der Waals surface area contributed by atoms with Gasteiger partial charge in [-0.15, -0.1) is 5.11 Å². The minimum Gasteiger partial charge on any atom is -0.296 e. The standard InChI is InChI=1S/C46H28B5N3/c47-45(48,46(49,50)51)44-53-39-14-6-8-16-41(39)54(44)40-15-7-5-9-34(40)31-19-23-33(24-20-31)43-37-12-3-1-10-35(37)42(36-11-2-4-13-38(36)43)32-21-17-29(18-22-32)30-25-27-52-28-26-30/h1-28H. The Hall–Kier alpha value is -6.00. The van der Waals surface area contributed by atoms with E-state index in [-0.39, 0.29) is 5.82 Å². The maximum atomic E-state index is 6.58. The van der Waals surface area contributed by atoms with Gasteiger partial charge < -0.3 is 0 Å². The molecule has 0 N–H and O–H groups in total. The molecule has 0 fully saturated rings. The van der Waals surface area contributed by atoms with Gasteiger partial charge in [-0.1, -0.05) is 133 Å². The Morgan fingerprint density at radius 3 is 1.43 bits per heavy atom. The molecular weight excluding hydrogens is 649 g/mol. The lowest BCUT2D eigenvalue weighted by Gasteiger charge is -2.41. The SMILES string of the molecule is [B]C([B])([B])C([B])([B])c1nc2ccccc2n1-c1ccccc1-c1ccc(-c2c3ccccc3c(-c3ccc(-c4ccncc4)cc3)c3ccccc23)cc1. The fraction of sp³-hybridized carbons (Fsp3) is 0.0435. The lowest BCUT2D eigenvalue weighted by Crippen LogP contribution is -2.45. The Balaban J connectivity index is 1.18. The number of hydrogen-bond donors (Lipinski definition) is 0. The van der Waals surface area contributed by atoms with Crippen molar-refractivity contribution in [2.24, 2.45) is 0 Å². The van der Waals surface area contributed by atoms with Crippen molar-refractivity contribution < 1.29 is 0 Å². The predicted molar refractivity (Wildman–Crippen MR) is 229 cm³/mol. The van der Waals surface area contributed by atoms with Crippen LogP contribution in [0.2, 0.25) is 5.11 Å². The Labute approximate surface area is 321 Å². The minimum atomic E-state index is -1.95. The highest BCUT2D eigenvalue weighted by molar-refractivity contribution is 6.67. The van der Waals surface area contributed by atoms with Gasteiger partial charge in [-0.05, 0) is 90.8 Å². The average molecular weight is 677 g/mol. The predicted octanol–water partition coefficient (Wildman–Crippen LogP) is 9.46. The van der Waals surface area contributed by atoms with Crippen molar-refractivity contribution in [3.63, 3.8) is 0 Å². The van der Waals surface area contributed by atoms with Crippen LogP contribution >= 0.6 is 0 Å². The van der Waals surface area contributed by atoms with Gasteiger partial charge in [0.25, 0.3) is 0 Å². The Bertz CT molecular complexity index is 2770. The van der Waals surface area contributed by atoms with E-state index in [9.17, 15) is 0 Å². The van der Waals surface area contributed by atoms with Crippen molar-refractivity contribution in [1.82, 2.24) is 14.5 Å². The largest absolute Gasteiger partial charge is 0.296 e. The van der Waals surface area contributed by atoms with E-state index in [0.29, 0.717) is 5.52 Å². The second-order valence-corrected chi connectivity index (χ2v) is 13.8. The second kappa shape index (κ2) is 13.1. The Morgan fingerprint density at radius 2 is 0.870 bits per heavy atom. The Morgan fingerprint density at radius 1 is 0.426 bits per heavy atom. The average Bonchev–Trinajstić information content (AvgIpc) is 3.60. The summed E-state index contributed by atoms with van der Waals surface area (Å²) < 4.78 is 1.91. The first-order valence-electron chi connectivity index (χ1n) is 17.8. The van der Waals surface area contributed by atoms with Gasteiger partial charge in [-0.2, -0.15) is 0 Å². The molecule has 10 radical (unpaired) electrons. The molecule has 7 aromatic carbocycles. The molecule has 0 spiro atoms. The number of aromatic nitrogens is 3. The van der Waals surface area contributed by atoms with Crippen molar-refractivity contribution in [2.75, 3.05) is 0 Å². The van der Waals surface area contributed by atoms with E-state index in [0.717, 1.165) is 39.0 Å². The lowest BCUT2D eigenvalue weighted by molar-refractivity contribution is 0.757. The third-order valence-electron chi connectivity index (χ3n) is 10.4. The van der Waals surface area contributed by atoms with E-state index in [1.165, 1.54) is 38.2 Å². The number of nitrogens with zero attached hydrogens (tertiary/aromatic N) is 3. The smallest absolute Gasteiger partial charge is 0.101 e. The van der Waals surface area contributed by atoms with Crippen LogP contribution in [0.1, 0.15) is 5.82 Å². The maximum Gasteiger partial charge on any atom is 0.101 e. The molecule has 242 valence electrons. The van der Waals surface area contributed by atoms with Crippen LogP contribution in [0.3, 0.4) is 0 Å². The number of hydrogen-bond acceptors (Lipinski definition) is 2. The molecule has 9 aromatic rings. The molecule has 3 nitrogen and oxygen atoms in total. The molecule has 9 rings (SSSR count). The van der Waals surface area contributed by atoms with Crippen LogP contribution in [0.5, 0.6) is 0 Å². The summed E-state index contributed by atoms with van der Waals surface area (Å²) >= 11 is 0. The van der Waals surface area contributed by atoms with Gasteiger partial charge in [0.2, 0.25) is 0 Å². The van der Waals surface area contributed by atoms with E-state index < -0.39 is 10.3 Å². The van der Waals surface area contributed by atoms with Gasteiger partial charge in [-0.3, -0.25) is 9.55 Å². The molecule has 2 aromatic heterocycles. The molecule has 0 saturated carbocycles. The summed E-state index contributed by atoms with van der Waals surface area (Å²) in [5, 5.41) is 0.942. The zero-order valence-corrected chi connectivity index (χ0v) is 29.4. The zero-order valence-electron chi connectivity index (χ0n) is 29.4. The maximum absolute atomic E-state index is 6.58. The van der Waals surface area contributed by atoms with E-state index in [4.69, 9.17) is 44.2 Å². The van der Waals surface area contributed by atoms with Gasteiger partial charge in [0.05, 0.1) is 56.0 Å². The molecule has 0 bridgehead atoms. The van der Waals surface area contributed by atoms with Crippen molar-refractivity contribution >= 4 is 71.8 Å². The summed E-state index contributed by atoms with van der Waals surface area (Å²) in [6.07, 6.45) is 3.65. The van der Waals surface area contributed by atoms with Crippen LogP contribution in [0.25, 0.3) is 82.8 Å². The Kier molecular flexibility index (Phi) is 8.23. The molecule has 0 aliphatic rings. The molecule has 0 saturated heterocycles. The molecule has 0 aliphatic heterocycles. The highest BCUT2D eigenvalue weighted by atomic mass is 15.1. The first kappa shape index (κ1) is 33.8. The van der Waals surface area contributed by atoms with Gasteiger partial charge in [-0.25, -0.2) is 4.98 Å². The monoisotopic (exact) mass is 677 g/mol. The highest BCUT2D eigenvalue weighted by Gasteiger charge is 2.37. The third-order valence-corrected chi connectivity index (χ3v) is 10.4. The van der Waals surface area contributed by atoms with Crippen molar-refractivity contribution in [3.8, 4) is 50.2 Å². The molecule has 0 amide bonds. The summed E-state index contributed by atoms with van der Waals surface area (Å²) in [4.78, 5) is 8.97. The summed E-state index contributed by atoms with van der Waals surface area (Å²) in [6, 6.07) is 54.7. The van der Waals surface area contributed by atoms with E-state index >= 15 is 0 Å². The summed E-state index contributed by atoms with van der Waals surface area (Å²) in [5.41, 5.74) is 11.2. The van der Waals surface area contributed by atoms with Crippen molar-refractivity contribution in [2.45, 2.75) is 10.3 Å². The number of rotatable bonds is 7. The second-order valence-electron chi connectivity index (χ2n) is 13.8. The van der Waals surface area contributed by atoms with Gasteiger partial charge >= 0.3 is 0 Å². The highest BCUT2D eigenvalue weighted by Crippen LogP contribution is 2.45. The first-order valence-corrected chi connectivity index (χ1v) is 17.8. The van der Waals surface area contributed by atoms with E-state index in [1.54, 1.807) is 0 Å². The normalized spacial score (nSPS) is 12.1. The van der Waals surface area contributed by atoms with Crippen LogP contribution in [0.15, 0.2) is 170 Å². The number of benzene rings is 7. The molecule has 2 heterocycles. The molecule has 54 heavy (non-hydrogen) atoms. The molecule has 0 unspecified atom stereocenters. The molecule has 0 atom stereocenters. The van der Waals surface area contributed by atoms with Crippen LogP contribution < -0.4 is 0 Å². The number of fused-ring (bicyclic) bond motifs is 3. The van der Waals surface area contributed by atoms with E-state index in [2.05, 4.69) is 108 Å².